The standard InChI is InChI=1S/C5H9NO2/c1-4-5(6-4)2-8-3-7-1/h4-6H,1-3H2/t4-,5+. The maximum Gasteiger partial charge on any atom is 0.146 e. The summed E-state index contributed by atoms with van der Waals surface area (Å²) in [5.41, 5.74) is 0. The van der Waals surface area contributed by atoms with E-state index in [2.05, 4.69) is 5.32 Å². The van der Waals surface area contributed by atoms with Crippen LogP contribution in [0.3, 0.4) is 0 Å². The zero-order valence-corrected chi connectivity index (χ0v) is 4.59. The summed E-state index contributed by atoms with van der Waals surface area (Å²) >= 11 is 0. The molecule has 2 rings (SSSR count). The molecule has 0 aromatic rings. The molecule has 0 amide bonds. The van der Waals surface area contributed by atoms with Gasteiger partial charge in [0.1, 0.15) is 6.79 Å². The zero-order chi connectivity index (χ0) is 5.40. The molecule has 0 bridgehead atoms. The number of hydrogen-bond acceptors (Lipinski definition) is 3. The Labute approximate surface area is 48.0 Å². The van der Waals surface area contributed by atoms with E-state index in [9.17, 15) is 0 Å². The molecular formula is C5H9NO2. The monoisotopic (exact) mass is 115 g/mol. The lowest BCUT2D eigenvalue weighted by Crippen LogP contribution is -2.05. The summed E-state index contributed by atoms with van der Waals surface area (Å²) in [7, 11) is 0. The minimum absolute atomic E-state index is 0.481. The average Bonchev–Trinajstić information content (AvgIpc) is 2.36. The van der Waals surface area contributed by atoms with Crippen LogP contribution in [0.2, 0.25) is 0 Å². The molecule has 0 unspecified atom stereocenters. The first-order valence-electron chi connectivity index (χ1n) is 2.88. The highest BCUT2D eigenvalue weighted by Gasteiger charge is 2.37. The Morgan fingerprint density at radius 3 is 2.38 bits per heavy atom. The second kappa shape index (κ2) is 1.69. The maximum absolute atomic E-state index is 5.06. The first-order valence-corrected chi connectivity index (χ1v) is 2.88. The molecule has 0 aromatic heterocycles. The molecule has 3 heteroatoms. The van der Waals surface area contributed by atoms with E-state index in [-0.39, 0.29) is 0 Å². The van der Waals surface area contributed by atoms with E-state index in [1.165, 1.54) is 0 Å². The van der Waals surface area contributed by atoms with Crippen molar-refractivity contribution in [1.82, 2.24) is 5.32 Å². The third-order valence-corrected chi connectivity index (χ3v) is 1.57. The lowest BCUT2D eigenvalue weighted by atomic mass is 10.3. The van der Waals surface area contributed by atoms with Gasteiger partial charge < -0.3 is 14.8 Å². The largest absolute Gasteiger partial charge is 0.354 e. The molecule has 2 saturated heterocycles. The van der Waals surface area contributed by atoms with Crippen molar-refractivity contribution in [3.63, 3.8) is 0 Å². The molecule has 46 valence electrons. The highest BCUT2D eigenvalue weighted by atomic mass is 16.7. The van der Waals surface area contributed by atoms with Gasteiger partial charge in [-0.2, -0.15) is 0 Å². The third kappa shape index (κ3) is 0.727. The van der Waals surface area contributed by atoms with Crippen molar-refractivity contribution in [1.29, 1.82) is 0 Å². The molecule has 8 heavy (non-hydrogen) atoms. The SMILES string of the molecule is C1OC[C@@H]2N[C@@H]2CO1. The van der Waals surface area contributed by atoms with E-state index in [1.807, 2.05) is 0 Å². The molecule has 2 heterocycles. The zero-order valence-electron chi connectivity index (χ0n) is 4.59. The van der Waals surface area contributed by atoms with Crippen LogP contribution in [-0.2, 0) is 9.47 Å². The van der Waals surface area contributed by atoms with Gasteiger partial charge in [0.2, 0.25) is 0 Å². The van der Waals surface area contributed by atoms with E-state index in [1.54, 1.807) is 0 Å². The maximum atomic E-state index is 5.06. The molecule has 0 aromatic carbocycles. The Bertz CT molecular complexity index is 86.4. The predicted molar refractivity (Wildman–Crippen MR) is 27.5 cm³/mol. The molecule has 2 aliphatic heterocycles. The van der Waals surface area contributed by atoms with Crippen molar-refractivity contribution in [2.45, 2.75) is 12.1 Å². The number of hydrogen-bond donors (Lipinski definition) is 1. The summed E-state index contributed by atoms with van der Waals surface area (Å²) in [4.78, 5) is 0. The van der Waals surface area contributed by atoms with Crippen LogP contribution in [0.1, 0.15) is 0 Å². The Balaban J connectivity index is 1.89. The predicted octanol–water partition coefficient (Wildman–Crippen LogP) is -0.669. The van der Waals surface area contributed by atoms with Gasteiger partial charge in [-0.3, -0.25) is 0 Å². The highest BCUT2D eigenvalue weighted by Crippen LogP contribution is 2.13. The van der Waals surface area contributed by atoms with Gasteiger partial charge in [-0.1, -0.05) is 0 Å². The second-order valence-electron chi connectivity index (χ2n) is 2.24. The van der Waals surface area contributed by atoms with Gasteiger partial charge in [-0.25, -0.2) is 0 Å². The fourth-order valence-corrected chi connectivity index (χ4v) is 0.957. The normalized spacial score (nSPS) is 45.0. The summed E-state index contributed by atoms with van der Waals surface area (Å²) in [6, 6.07) is 1.19. The first-order chi connectivity index (χ1) is 3.97. The van der Waals surface area contributed by atoms with Crippen molar-refractivity contribution in [2.24, 2.45) is 0 Å². The molecule has 2 atom stereocenters. The molecule has 0 spiro atoms. The van der Waals surface area contributed by atoms with Crippen molar-refractivity contribution >= 4 is 0 Å². The van der Waals surface area contributed by atoms with E-state index in [0.29, 0.717) is 18.9 Å². The Kier molecular flexibility index (Phi) is 0.997. The van der Waals surface area contributed by atoms with Crippen LogP contribution >= 0.6 is 0 Å². The lowest BCUT2D eigenvalue weighted by molar-refractivity contribution is -0.0394. The van der Waals surface area contributed by atoms with Crippen LogP contribution in [0.5, 0.6) is 0 Å². The van der Waals surface area contributed by atoms with Crippen LogP contribution in [0, 0.1) is 0 Å². The minimum atomic E-state index is 0.481. The molecule has 2 fully saturated rings. The fraction of sp³-hybridized carbons (Fsp3) is 1.00. The second-order valence-corrected chi connectivity index (χ2v) is 2.24. The van der Waals surface area contributed by atoms with Gasteiger partial charge in [-0.15, -0.1) is 0 Å². The van der Waals surface area contributed by atoms with Crippen LogP contribution in [0.15, 0.2) is 0 Å². The molecule has 3 nitrogen and oxygen atoms in total. The number of ether oxygens (including phenoxy) is 2. The Hall–Kier alpha value is -0.120. The Morgan fingerprint density at radius 1 is 1.12 bits per heavy atom. The van der Waals surface area contributed by atoms with Crippen molar-refractivity contribution in [3.8, 4) is 0 Å². The van der Waals surface area contributed by atoms with Gasteiger partial charge in [0, 0.05) is 12.1 Å². The van der Waals surface area contributed by atoms with Gasteiger partial charge in [0.25, 0.3) is 0 Å². The minimum Gasteiger partial charge on any atom is -0.354 e. The highest BCUT2D eigenvalue weighted by molar-refractivity contribution is 4.98. The summed E-state index contributed by atoms with van der Waals surface area (Å²) in [5.74, 6) is 0. The Morgan fingerprint density at radius 2 is 1.75 bits per heavy atom. The van der Waals surface area contributed by atoms with Crippen LogP contribution in [0.4, 0.5) is 0 Å². The average molecular weight is 115 g/mol. The quantitative estimate of drug-likeness (QED) is 0.426. The number of fused-ring (bicyclic) bond motifs is 1. The van der Waals surface area contributed by atoms with Crippen LogP contribution < -0.4 is 5.32 Å². The van der Waals surface area contributed by atoms with Crippen molar-refractivity contribution in [2.75, 3.05) is 20.0 Å². The van der Waals surface area contributed by atoms with Gasteiger partial charge in [-0.05, 0) is 0 Å². The van der Waals surface area contributed by atoms with Crippen LogP contribution in [-0.4, -0.2) is 32.1 Å². The molecule has 0 aliphatic carbocycles. The van der Waals surface area contributed by atoms with Crippen LogP contribution in [0.25, 0.3) is 0 Å². The van der Waals surface area contributed by atoms with Crippen molar-refractivity contribution < 1.29 is 9.47 Å². The number of nitrogens with one attached hydrogen (secondary N) is 1. The van der Waals surface area contributed by atoms with Gasteiger partial charge in [0.05, 0.1) is 13.2 Å². The topological polar surface area (TPSA) is 40.4 Å². The van der Waals surface area contributed by atoms with E-state index in [4.69, 9.17) is 9.47 Å². The van der Waals surface area contributed by atoms with E-state index < -0.39 is 0 Å². The van der Waals surface area contributed by atoms with Gasteiger partial charge >= 0.3 is 0 Å². The fourth-order valence-electron chi connectivity index (χ4n) is 0.957. The molecular weight excluding hydrogens is 106 g/mol. The van der Waals surface area contributed by atoms with E-state index >= 15 is 0 Å². The first kappa shape index (κ1) is 4.73. The third-order valence-electron chi connectivity index (χ3n) is 1.57. The number of rotatable bonds is 0. The lowest BCUT2D eigenvalue weighted by Gasteiger charge is -1.97. The summed E-state index contributed by atoms with van der Waals surface area (Å²) in [6.07, 6.45) is 0. The molecule has 2 aliphatic rings. The van der Waals surface area contributed by atoms with Crippen molar-refractivity contribution in [3.05, 3.63) is 0 Å². The smallest absolute Gasteiger partial charge is 0.146 e. The summed E-state index contributed by atoms with van der Waals surface area (Å²) < 4.78 is 10.1. The van der Waals surface area contributed by atoms with Gasteiger partial charge in [0.15, 0.2) is 0 Å². The summed E-state index contributed by atoms with van der Waals surface area (Å²) in [6.45, 7) is 2.13. The molecule has 0 saturated carbocycles. The van der Waals surface area contributed by atoms with E-state index in [0.717, 1.165) is 13.2 Å². The summed E-state index contributed by atoms with van der Waals surface area (Å²) in [5, 5.41) is 3.22. The molecule has 1 N–H and O–H groups in total. The molecule has 0 radical (unpaired) electrons.